The highest BCUT2D eigenvalue weighted by atomic mass is 16.7. The van der Waals surface area contributed by atoms with E-state index >= 15 is 0 Å². The summed E-state index contributed by atoms with van der Waals surface area (Å²) in [7, 11) is 0. The Morgan fingerprint density at radius 1 is 1.02 bits per heavy atom. The van der Waals surface area contributed by atoms with Crippen LogP contribution in [0.5, 0.6) is 0 Å². The maximum Gasteiger partial charge on any atom is 0.186 e. The zero-order valence-corrected chi connectivity index (χ0v) is 26.3. The lowest BCUT2D eigenvalue weighted by Crippen LogP contribution is -2.60. The van der Waals surface area contributed by atoms with E-state index in [1.807, 2.05) is 0 Å². The lowest BCUT2D eigenvalue weighted by atomic mass is 9.47. The molecule has 0 spiro atoms. The monoisotopic (exact) mass is 574 g/mol. The highest BCUT2D eigenvalue weighted by molar-refractivity contribution is 5.27. The van der Waals surface area contributed by atoms with Gasteiger partial charge < -0.3 is 29.9 Å². The zero-order valence-electron chi connectivity index (χ0n) is 26.3. The fourth-order valence-corrected chi connectivity index (χ4v) is 10.4. The predicted molar refractivity (Wildman–Crippen MR) is 161 cm³/mol. The number of ether oxygens (including phenoxy) is 2. The van der Waals surface area contributed by atoms with E-state index in [0.717, 1.165) is 43.4 Å². The molecule has 14 atom stereocenters. The lowest BCUT2D eigenvalue weighted by molar-refractivity contribution is -0.315. The van der Waals surface area contributed by atoms with Gasteiger partial charge in [-0.2, -0.15) is 0 Å². The number of fused-ring (bicyclic) bond motifs is 5. The first kappa shape index (κ1) is 31.7. The molecule has 4 fully saturated rings. The number of hydrogen-bond acceptors (Lipinski definition) is 6. The van der Waals surface area contributed by atoms with Crippen molar-refractivity contribution in [1.29, 1.82) is 0 Å². The molecule has 0 radical (unpaired) electrons. The number of aliphatic hydroxyl groups is 4. The van der Waals surface area contributed by atoms with E-state index in [-0.39, 0.29) is 11.5 Å². The van der Waals surface area contributed by atoms with Crippen molar-refractivity contribution >= 4 is 0 Å². The summed E-state index contributed by atoms with van der Waals surface area (Å²) in [6, 6.07) is 0. The van der Waals surface area contributed by atoms with E-state index in [4.69, 9.17) is 9.47 Å². The largest absolute Gasteiger partial charge is 0.394 e. The Balaban J connectivity index is 1.24. The third kappa shape index (κ3) is 5.64. The first-order valence-corrected chi connectivity index (χ1v) is 16.8. The van der Waals surface area contributed by atoms with Crippen molar-refractivity contribution < 1.29 is 29.9 Å². The molecule has 6 heteroatoms. The topological polar surface area (TPSA) is 99.4 Å². The second-order valence-electron chi connectivity index (χ2n) is 15.2. The van der Waals surface area contributed by atoms with Crippen LogP contribution < -0.4 is 0 Å². The van der Waals surface area contributed by atoms with Crippen LogP contribution in [0.1, 0.15) is 105 Å². The molecule has 0 aromatic rings. The van der Waals surface area contributed by atoms with Gasteiger partial charge in [0.2, 0.25) is 0 Å². The Morgan fingerprint density at radius 3 is 2.41 bits per heavy atom. The number of aliphatic hydroxyl groups excluding tert-OH is 4. The van der Waals surface area contributed by atoms with Crippen LogP contribution in [0.4, 0.5) is 0 Å². The van der Waals surface area contributed by atoms with Crippen LogP contribution >= 0.6 is 0 Å². The molecule has 3 saturated carbocycles. The second kappa shape index (κ2) is 12.3. The van der Waals surface area contributed by atoms with Crippen molar-refractivity contribution in [1.82, 2.24) is 0 Å². The van der Waals surface area contributed by atoms with Crippen LogP contribution in [0.2, 0.25) is 0 Å². The molecule has 4 N–H and O–H groups in total. The van der Waals surface area contributed by atoms with E-state index < -0.39 is 37.3 Å². The van der Waals surface area contributed by atoms with Gasteiger partial charge in [0.15, 0.2) is 6.29 Å². The van der Waals surface area contributed by atoms with Gasteiger partial charge in [-0.05, 0) is 124 Å². The summed E-state index contributed by atoms with van der Waals surface area (Å²) in [6.45, 7) is 16.0. The van der Waals surface area contributed by atoms with Crippen molar-refractivity contribution in [2.45, 2.75) is 142 Å². The molecule has 5 aliphatic rings. The average molecular weight is 575 g/mol. The van der Waals surface area contributed by atoms with Gasteiger partial charge in [-0.1, -0.05) is 51.5 Å². The minimum atomic E-state index is -1.39. The molecular formula is C35H58O6. The standard InChI is InChI=1S/C35H58O6/c1-7-22(20(2)3)9-8-21(4)26-12-13-27-25-11-10-23-18-24(14-16-34(23,5)28(25)15-17-35(26,27)6)40-33-32(39)31(38)30(37)29(19-36)41-33/h11,21-24,26-33,36-39H,2,7-10,12-19H2,1,3-6H3/t21-,22-,23?,24+,26-,27+,28+,29-,30-,31+,32-,33-,34+,35-/m1/s1. The number of allylic oxidation sites excluding steroid dienone is 3. The second-order valence-corrected chi connectivity index (χ2v) is 15.2. The number of hydrogen-bond donors (Lipinski definition) is 4. The van der Waals surface area contributed by atoms with E-state index in [1.165, 1.54) is 50.5 Å². The van der Waals surface area contributed by atoms with Gasteiger partial charge in [0.25, 0.3) is 0 Å². The highest BCUT2D eigenvalue weighted by Crippen LogP contribution is 2.67. The Bertz CT molecular complexity index is 962. The maximum atomic E-state index is 10.5. The van der Waals surface area contributed by atoms with Gasteiger partial charge in [-0.15, -0.1) is 0 Å². The average Bonchev–Trinajstić information content (AvgIpc) is 3.30. The molecule has 1 saturated heterocycles. The number of rotatable bonds is 9. The summed E-state index contributed by atoms with van der Waals surface area (Å²) in [5.41, 5.74) is 3.80. The SMILES string of the molecule is C=C(C)[C@H](CC)CC[C@@H](C)[C@H]1CC[C@H]2C3=CCC4C[C@@H](O[C@@H]5O[C@H](CO)[C@@H](O)[C@H](O)[C@H]5O)CC[C@]4(C)[C@H]3CC[C@]12C. The van der Waals surface area contributed by atoms with Crippen LogP contribution in [0.15, 0.2) is 23.8 Å². The van der Waals surface area contributed by atoms with Crippen molar-refractivity contribution in [2.75, 3.05) is 6.61 Å². The Hall–Kier alpha value is -0.760. The Morgan fingerprint density at radius 2 is 1.73 bits per heavy atom. The van der Waals surface area contributed by atoms with Crippen LogP contribution in [0.25, 0.3) is 0 Å². The normalized spacial score (nSPS) is 47.5. The molecule has 5 rings (SSSR count). The summed E-state index contributed by atoms with van der Waals surface area (Å²) in [5, 5.41) is 40.4. The molecule has 1 heterocycles. The molecular weight excluding hydrogens is 516 g/mol. The van der Waals surface area contributed by atoms with Crippen LogP contribution in [-0.2, 0) is 9.47 Å². The van der Waals surface area contributed by atoms with Crippen molar-refractivity contribution in [3.05, 3.63) is 23.8 Å². The molecule has 0 amide bonds. The van der Waals surface area contributed by atoms with Gasteiger partial charge >= 0.3 is 0 Å². The summed E-state index contributed by atoms with van der Waals surface area (Å²) in [5.74, 6) is 4.12. The molecule has 4 aliphatic carbocycles. The maximum absolute atomic E-state index is 10.5. The third-order valence-corrected chi connectivity index (χ3v) is 13.1. The molecule has 0 aromatic carbocycles. The molecule has 41 heavy (non-hydrogen) atoms. The first-order chi connectivity index (χ1) is 19.4. The van der Waals surface area contributed by atoms with Crippen LogP contribution in [-0.4, -0.2) is 63.8 Å². The molecule has 1 unspecified atom stereocenters. The van der Waals surface area contributed by atoms with Gasteiger partial charge in [-0.3, -0.25) is 0 Å². The molecule has 234 valence electrons. The van der Waals surface area contributed by atoms with Crippen LogP contribution in [0, 0.1) is 46.3 Å². The Kier molecular flexibility index (Phi) is 9.51. The van der Waals surface area contributed by atoms with Crippen molar-refractivity contribution in [2.24, 2.45) is 46.3 Å². The van der Waals surface area contributed by atoms with Crippen molar-refractivity contribution in [3.8, 4) is 0 Å². The van der Waals surface area contributed by atoms with E-state index in [0.29, 0.717) is 23.2 Å². The van der Waals surface area contributed by atoms with E-state index in [1.54, 1.807) is 5.57 Å². The smallest absolute Gasteiger partial charge is 0.186 e. The highest BCUT2D eigenvalue weighted by Gasteiger charge is 2.58. The van der Waals surface area contributed by atoms with Gasteiger partial charge in [0.05, 0.1) is 12.7 Å². The third-order valence-electron chi connectivity index (χ3n) is 13.1. The Labute approximate surface area is 248 Å². The zero-order chi connectivity index (χ0) is 29.7. The van der Waals surface area contributed by atoms with Gasteiger partial charge in [-0.25, -0.2) is 0 Å². The van der Waals surface area contributed by atoms with E-state index in [9.17, 15) is 20.4 Å². The summed E-state index contributed by atoms with van der Waals surface area (Å²) in [4.78, 5) is 0. The lowest BCUT2D eigenvalue weighted by Gasteiger charge is -2.58. The molecule has 0 aromatic heterocycles. The minimum Gasteiger partial charge on any atom is -0.394 e. The first-order valence-electron chi connectivity index (χ1n) is 16.8. The molecule has 1 aliphatic heterocycles. The molecule has 6 nitrogen and oxygen atoms in total. The summed E-state index contributed by atoms with van der Waals surface area (Å²) in [6.07, 6.45) is 9.61. The summed E-state index contributed by atoms with van der Waals surface area (Å²) < 4.78 is 11.9. The minimum absolute atomic E-state index is 0.0684. The fourth-order valence-electron chi connectivity index (χ4n) is 10.4. The fraction of sp³-hybridized carbons (Fsp3) is 0.886. The van der Waals surface area contributed by atoms with E-state index in [2.05, 4.69) is 47.3 Å². The quantitative estimate of drug-likeness (QED) is 0.261. The van der Waals surface area contributed by atoms with Crippen LogP contribution in [0.3, 0.4) is 0 Å². The van der Waals surface area contributed by atoms with Gasteiger partial charge in [0.1, 0.15) is 24.4 Å². The molecule has 0 bridgehead atoms. The van der Waals surface area contributed by atoms with Gasteiger partial charge in [0, 0.05) is 0 Å². The predicted octanol–water partition coefficient (Wildman–Crippen LogP) is 5.77. The summed E-state index contributed by atoms with van der Waals surface area (Å²) >= 11 is 0. The van der Waals surface area contributed by atoms with Crippen molar-refractivity contribution in [3.63, 3.8) is 0 Å².